The largest absolute Gasteiger partial charge is 0.346 e. The van der Waals surface area contributed by atoms with E-state index in [9.17, 15) is 0 Å². The number of hydrogen-bond acceptors (Lipinski definition) is 0. The smallest absolute Gasteiger partial charge is 0 e. The Balaban J connectivity index is -0.00000000500. The zero-order valence-electron chi connectivity index (χ0n) is 2.75. The van der Waals surface area contributed by atoms with E-state index in [2.05, 4.69) is 6.92 Å². The zero-order valence-corrected chi connectivity index (χ0v) is 10.8. The van der Waals surface area contributed by atoms with Gasteiger partial charge in [-0.1, -0.05) is 0 Å². The van der Waals surface area contributed by atoms with Gasteiger partial charge in [-0.3, -0.25) is 0 Å². The van der Waals surface area contributed by atoms with Crippen molar-refractivity contribution < 1.29 is 19.5 Å². The van der Waals surface area contributed by atoms with E-state index in [-0.39, 0.29) is 19.5 Å². The van der Waals surface area contributed by atoms with Crippen LogP contribution in [0.3, 0.4) is 0 Å². The predicted molar refractivity (Wildman–Crippen MR) is 11.0 cm³/mol. The maximum Gasteiger partial charge on any atom is 0 e. The topological polar surface area (TPSA) is 0 Å². The summed E-state index contributed by atoms with van der Waals surface area (Å²) in [4.78, 5) is 0. The summed E-state index contributed by atoms with van der Waals surface area (Å²) in [6, 6.07) is 0. The van der Waals surface area contributed by atoms with Crippen LogP contribution in [0.25, 0.3) is 0 Å². The minimum atomic E-state index is 0. The van der Waals surface area contributed by atoms with Crippen molar-refractivity contribution in [1.29, 1.82) is 0 Å². The second-order valence-electron chi connectivity index (χ2n) is 0. The van der Waals surface area contributed by atoms with Gasteiger partial charge in [0.05, 0.1) is 0 Å². The van der Waals surface area contributed by atoms with Gasteiger partial charge in [-0.2, -0.15) is 6.92 Å². The molecule has 0 aliphatic heterocycles. The molecule has 0 saturated heterocycles. The van der Waals surface area contributed by atoms with Crippen molar-refractivity contribution in [1.82, 2.24) is 0 Å². The van der Waals surface area contributed by atoms with E-state index in [0.717, 1.165) is 0 Å². The van der Waals surface area contributed by atoms with Gasteiger partial charge in [0.1, 0.15) is 0 Å². The molecule has 0 amide bonds. The summed E-state index contributed by atoms with van der Waals surface area (Å²) in [6.07, 6.45) is 0. The maximum atomic E-state index is 3.25. The van der Waals surface area contributed by atoms with Crippen LogP contribution in [0.2, 0.25) is 0 Å². The van der Waals surface area contributed by atoms with E-state index >= 15 is 0 Å². The second kappa shape index (κ2) is 48.7. The normalized spacial score (nSPS) is 1.50. The molecule has 0 aromatic rings. The quantitative estimate of drug-likeness (QED) is 0.419. The average Bonchev–Trinajstić information content (AvgIpc) is 1.00. The fraction of sp³-hybridized carbons (Fsp3) is 0.500. The molecule has 1 radical (unpaired) electrons. The van der Waals surface area contributed by atoms with Gasteiger partial charge in [-0.05, 0) is 0 Å². The Bertz CT molecular complexity index is 6.00. The van der Waals surface area contributed by atoms with E-state index < -0.39 is 0 Å². The Morgan fingerprint density at radius 3 is 1.25 bits per heavy atom. The van der Waals surface area contributed by atoms with Gasteiger partial charge in [0.15, 0.2) is 0 Å². The number of hydrogen-bond donors (Lipinski definition) is 0. The third kappa shape index (κ3) is 4.45. The van der Waals surface area contributed by atoms with Crippen molar-refractivity contribution in [3.8, 4) is 0 Å². The van der Waals surface area contributed by atoms with Crippen LogP contribution >= 0.6 is 0 Å². The SMILES string of the molecule is [CH2-]C.[Rf].[Rh]. The Morgan fingerprint density at radius 2 is 1.25 bits per heavy atom. The Labute approximate surface area is 34.0 Å². The monoisotopic (exact) mass is 399 g/mol. The summed E-state index contributed by atoms with van der Waals surface area (Å²) in [5.74, 6) is 0. The third-order valence-electron chi connectivity index (χ3n) is 0. The first kappa shape index (κ1) is 64.2. The molecular weight excluding hydrogens is 394 g/mol. The first-order valence-electron chi connectivity index (χ1n) is 0.707. The molecule has 0 aromatic heterocycles. The fourth-order valence-corrected chi connectivity index (χ4v) is 0. The van der Waals surface area contributed by atoms with E-state index in [4.69, 9.17) is 0 Å². The summed E-state index contributed by atoms with van der Waals surface area (Å²) in [5, 5.41) is 0. The van der Waals surface area contributed by atoms with Crippen molar-refractivity contribution in [2.24, 2.45) is 0 Å². The van der Waals surface area contributed by atoms with Crippen molar-refractivity contribution >= 4 is 0 Å². The Kier molecular flexibility index (Phi) is 782. The first-order valence-corrected chi connectivity index (χ1v) is 0.707. The van der Waals surface area contributed by atoms with Crippen LogP contribution in [-0.4, -0.2) is 0 Å². The Hall–Kier alpha value is -0.377. The zero-order chi connectivity index (χ0) is 2.00. The number of rotatable bonds is 0. The van der Waals surface area contributed by atoms with Gasteiger partial charge < -0.3 is 6.92 Å². The molecule has 0 nitrogen and oxygen atoms in total. The molecular formula is C2H5RfRh-. The van der Waals surface area contributed by atoms with Crippen molar-refractivity contribution in [2.45, 2.75) is 6.92 Å². The van der Waals surface area contributed by atoms with Gasteiger partial charge in [0, 0.05) is 19.5 Å². The molecule has 0 N–H and O–H groups in total. The Morgan fingerprint density at radius 1 is 1.25 bits per heavy atom. The molecule has 0 unspecified atom stereocenters. The molecule has 0 aromatic carbocycles. The molecule has 0 atom stereocenters. The van der Waals surface area contributed by atoms with Gasteiger partial charge in [-0.25, -0.2) is 0 Å². The van der Waals surface area contributed by atoms with Crippen LogP contribution in [0.5, 0.6) is 0 Å². The van der Waals surface area contributed by atoms with Crippen LogP contribution in [-0.2, 0) is 19.5 Å². The molecule has 25 valence electrons. The summed E-state index contributed by atoms with van der Waals surface area (Å²) in [5.41, 5.74) is 0. The molecule has 0 bridgehead atoms. The third-order valence-corrected chi connectivity index (χ3v) is 0. The molecule has 0 fully saturated rings. The van der Waals surface area contributed by atoms with E-state index in [1.54, 1.807) is 6.92 Å². The minimum absolute atomic E-state index is 0. The van der Waals surface area contributed by atoms with Crippen molar-refractivity contribution in [2.75, 3.05) is 0 Å². The van der Waals surface area contributed by atoms with Gasteiger partial charge in [0.25, 0.3) is 0 Å². The molecule has 2 heteroatoms. The maximum absolute atomic E-state index is 3.25. The van der Waals surface area contributed by atoms with E-state index in [1.165, 1.54) is 0 Å². The van der Waals surface area contributed by atoms with Crippen molar-refractivity contribution in [3.63, 3.8) is 0 Å². The van der Waals surface area contributed by atoms with Gasteiger partial charge in [-0.15, -0.1) is 0 Å². The molecule has 0 saturated carbocycles. The molecule has 0 aliphatic rings. The molecule has 4 heavy (non-hydrogen) atoms. The molecule has 0 rings (SSSR count). The molecule has 0 spiro atoms. The van der Waals surface area contributed by atoms with Crippen LogP contribution in [0.4, 0.5) is 0 Å². The van der Waals surface area contributed by atoms with Crippen LogP contribution in [0.1, 0.15) is 6.92 Å². The van der Waals surface area contributed by atoms with Crippen LogP contribution in [0.15, 0.2) is 0 Å². The predicted octanol–water partition coefficient (Wildman–Crippen LogP) is 0.838. The summed E-state index contributed by atoms with van der Waals surface area (Å²) < 4.78 is 0. The van der Waals surface area contributed by atoms with Crippen molar-refractivity contribution in [3.05, 3.63) is 6.92 Å². The average molecular weight is 399 g/mol. The van der Waals surface area contributed by atoms with E-state index in [0.29, 0.717) is 0 Å². The first-order chi connectivity index (χ1) is 1.00. The summed E-state index contributed by atoms with van der Waals surface area (Å²) >= 11 is 0. The second-order valence-corrected chi connectivity index (χ2v) is 0. The summed E-state index contributed by atoms with van der Waals surface area (Å²) in [7, 11) is 0. The molecule has 0 heterocycles. The van der Waals surface area contributed by atoms with E-state index in [1.807, 2.05) is 0 Å². The summed E-state index contributed by atoms with van der Waals surface area (Å²) in [6.45, 7) is 5.00. The minimum Gasteiger partial charge on any atom is -0.346 e. The van der Waals surface area contributed by atoms with Gasteiger partial charge in [0.2, 0.25) is 0 Å². The van der Waals surface area contributed by atoms with Crippen LogP contribution < -0.4 is 0 Å². The van der Waals surface area contributed by atoms with Gasteiger partial charge >= 0.3 is 0 Å². The molecule has 0 aliphatic carbocycles. The van der Waals surface area contributed by atoms with Crippen LogP contribution in [0, 0.1) is 6.92 Å². The fourth-order valence-electron chi connectivity index (χ4n) is 0. The standard InChI is InChI=1S/C2H5.Rf.Rh/c1-2;;/h1H2,2H3;;/q-1;;.